The number of carbonyl (C=O) groups is 1. The minimum absolute atomic E-state index is 0.0452. The fraction of sp³-hybridized carbons (Fsp3) is 0.304. The van der Waals surface area contributed by atoms with Crippen molar-refractivity contribution in [3.63, 3.8) is 0 Å². The van der Waals surface area contributed by atoms with Crippen molar-refractivity contribution in [2.75, 3.05) is 37.5 Å². The van der Waals surface area contributed by atoms with Gasteiger partial charge < -0.3 is 19.7 Å². The molecule has 1 aliphatic heterocycles. The summed E-state index contributed by atoms with van der Waals surface area (Å²) in [5.74, 6) is 1.81. The van der Waals surface area contributed by atoms with Crippen LogP contribution >= 0.6 is 0 Å². The summed E-state index contributed by atoms with van der Waals surface area (Å²) >= 11 is 0. The van der Waals surface area contributed by atoms with Crippen LogP contribution in [0.5, 0.6) is 11.5 Å². The molecule has 2 aromatic heterocycles. The fourth-order valence-corrected chi connectivity index (χ4v) is 3.71. The number of ether oxygens (including phenoxy) is 2. The molecule has 1 fully saturated rings. The Labute approximate surface area is 181 Å². The lowest BCUT2D eigenvalue weighted by molar-refractivity contribution is -0.120. The number of hydrogen-bond donors (Lipinski definition) is 1. The summed E-state index contributed by atoms with van der Waals surface area (Å²) in [7, 11) is 3.17. The average Bonchev–Trinajstić information content (AvgIpc) is 2.84. The standard InChI is InChI=1S/C23H25N5O3/c1-30-18-7-9-21(31-2)20(13-18)25-23(29)17-6-4-12-28(15-17)22-10-8-19(26-27-22)16-5-3-11-24-14-16/h3,5,7-11,13-14,17H,4,6,12,15H2,1-2H3,(H,25,29). The number of rotatable bonds is 6. The van der Waals surface area contributed by atoms with Crippen LogP contribution < -0.4 is 19.7 Å². The molecule has 3 aromatic rings. The summed E-state index contributed by atoms with van der Waals surface area (Å²) < 4.78 is 10.6. The van der Waals surface area contributed by atoms with Crippen LogP contribution in [0.3, 0.4) is 0 Å². The van der Waals surface area contributed by atoms with Crippen LogP contribution in [0, 0.1) is 5.92 Å². The van der Waals surface area contributed by atoms with Gasteiger partial charge in [-0.2, -0.15) is 0 Å². The van der Waals surface area contributed by atoms with Crippen LogP contribution in [-0.2, 0) is 4.79 Å². The fourth-order valence-electron chi connectivity index (χ4n) is 3.71. The van der Waals surface area contributed by atoms with Gasteiger partial charge in [-0.15, -0.1) is 10.2 Å². The quantitative estimate of drug-likeness (QED) is 0.655. The largest absolute Gasteiger partial charge is 0.497 e. The van der Waals surface area contributed by atoms with E-state index in [1.807, 2.05) is 24.3 Å². The molecule has 160 valence electrons. The molecule has 1 atom stereocenters. The molecule has 0 radical (unpaired) electrons. The second kappa shape index (κ2) is 9.42. The zero-order valence-electron chi connectivity index (χ0n) is 17.6. The van der Waals surface area contributed by atoms with E-state index in [9.17, 15) is 4.79 Å². The van der Waals surface area contributed by atoms with Crippen molar-refractivity contribution in [1.82, 2.24) is 15.2 Å². The van der Waals surface area contributed by atoms with Gasteiger partial charge in [-0.25, -0.2) is 0 Å². The number of nitrogens with zero attached hydrogens (tertiary/aromatic N) is 4. The van der Waals surface area contributed by atoms with Crippen molar-refractivity contribution < 1.29 is 14.3 Å². The molecule has 0 aliphatic carbocycles. The molecule has 0 bridgehead atoms. The summed E-state index contributed by atoms with van der Waals surface area (Å²) in [6, 6.07) is 13.0. The number of anilines is 2. The van der Waals surface area contributed by atoms with Crippen molar-refractivity contribution in [2.45, 2.75) is 12.8 Å². The number of benzene rings is 1. The van der Waals surface area contributed by atoms with Crippen LogP contribution in [0.4, 0.5) is 11.5 Å². The monoisotopic (exact) mass is 419 g/mol. The van der Waals surface area contributed by atoms with Gasteiger partial charge in [0.15, 0.2) is 5.82 Å². The molecule has 1 aliphatic rings. The molecule has 4 rings (SSSR count). The van der Waals surface area contributed by atoms with E-state index in [4.69, 9.17) is 9.47 Å². The lowest BCUT2D eigenvalue weighted by atomic mass is 9.97. The van der Waals surface area contributed by atoms with E-state index >= 15 is 0 Å². The molecule has 3 heterocycles. The van der Waals surface area contributed by atoms with E-state index in [1.165, 1.54) is 0 Å². The highest BCUT2D eigenvalue weighted by Gasteiger charge is 2.27. The minimum atomic E-state index is -0.163. The Morgan fingerprint density at radius 2 is 2.03 bits per heavy atom. The highest BCUT2D eigenvalue weighted by molar-refractivity contribution is 5.94. The smallest absolute Gasteiger partial charge is 0.229 e. The first-order valence-corrected chi connectivity index (χ1v) is 10.2. The third kappa shape index (κ3) is 4.74. The maximum Gasteiger partial charge on any atom is 0.229 e. The number of piperidine rings is 1. The molecular weight excluding hydrogens is 394 g/mol. The Kier molecular flexibility index (Phi) is 6.26. The molecule has 8 nitrogen and oxygen atoms in total. The van der Waals surface area contributed by atoms with Gasteiger partial charge in [-0.1, -0.05) is 0 Å². The van der Waals surface area contributed by atoms with Gasteiger partial charge in [0.05, 0.1) is 31.5 Å². The van der Waals surface area contributed by atoms with Gasteiger partial charge >= 0.3 is 0 Å². The molecule has 8 heteroatoms. The van der Waals surface area contributed by atoms with Gasteiger partial charge in [-0.05, 0) is 49.2 Å². The predicted molar refractivity (Wildman–Crippen MR) is 118 cm³/mol. The van der Waals surface area contributed by atoms with E-state index in [0.29, 0.717) is 23.7 Å². The second-order valence-electron chi connectivity index (χ2n) is 7.36. The van der Waals surface area contributed by atoms with E-state index in [-0.39, 0.29) is 11.8 Å². The van der Waals surface area contributed by atoms with Crippen molar-refractivity contribution >= 4 is 17.4 Å². The molecule has 31 heavy (non-hydrogen) atoms. The first-order chi connectivity index (χ1) is 15.2. The number of amides is 1. The number of hydrogen-bond acceptors (Lipinski definition) is 7. The highest BCUT2D eigenvalue weighted by atomic mass is 16.5. The summed E-state index contributed by atoms with van der Waals surface area (Å²) in [5.41, 5.74) is 2.29. The van der Waals surface area contributed by atoms with Crippen molar-refractivity contribution in [1.29, 1.82) is 0 Å². The van der Waals surface area contributed by atoms with Crippen molar-refractivity contribution in [3.05, 3.63) is 54.9 Å². The van der Waals surface area contributed by atoms with Crippen LogP contribution in [0.2, 0.25) is 0 Å². The van der Waals surface area contributed by atoms with Crippen LogP contribution in [-0.4, -0.2) is 48.4 Å². The predicted octanol–water partition coefficient (Wildman–Crippen LogP) is 3.41. The number of nitrogens with one attached hydrogen (secondary N) is 1. The van der Waals surface area contributed by atoms with Gasteiger partial charge in [-0.3, -0.25) is 9.78 Å². The molecule has 1 aromatic carbocycles. The lowest BCUT2D eigenvalue weighted by Crippen LogP contribution is -2.41. The Balaban J connectivity index is 1.44. The molecular formula is C23H25N5O3. The number of pyridine rings is 1. The summed E-state index contributed by atoms with van der Waals surface area (Å²) in [5, 5.41) is 11.7. The van der Waals surface area contributed by atoms with Crippen molar-refractivity contribution in [2.24, 2.45) is 5.92 Å². The Bertz CT molecular complexity index is 1030. The summed E-state index contributed by atoms with van der Waals surface area (Å²) in [6.45, 7) is 1.42. The zero-order chi connectivity index (χ0) is 21.6. The molecule has 1 amide bonds. The van der Waals surface area contributed by atoms with Gasteiger partial charge in [0.25, 0.3) is 0 Å². The van der Waals surface area contributed by atoms with Crippen LogP contribution in [0.1, 0.15) is 12.8 Å². The topological polar surface area (TPSA) is 89.5 Å². The van der Waals surface area contributed by atoms with E-state index in [0.717, 1.165) is 36.5 Å². The Hall–Kier alpha value is -3.68. The molecule has 0 spiro atoms. The van der Waals surface area contributed by atoms with Crippen molar-refractivity contribution in [3.8, 4) is 22.8 Å². The third-order valence-corrected chi connectivity index (χ3v) is 5.39. The highest BCUT2D eigenvalue weighted by Crippen LogP contribution is 2.30. The van der Waals surface area contributed by atoms with E-state index in [2.05, 4.69) is 25.4 Å². The van der Waals surface area contributed by atoms with Gasteiger partial charge in [0, 0.05) is 37.1 Å². The maximum absolute atomic E-state index is 13.0. The first kappa shape index (κ1) is 20.6. The average molecular weight is 419 g/mol. The van der Waals surface area contributed by atoms with Crippen LogP contribution in [0.25, 0.3) is 11.3 Å². The molecule has 1 N–H and O–H groups in total. The van der Waals surface area contributed by atoms with E-state index in [1.54, 1.807) is 44.8 Å². The third-order valence-electron chi connectivity index (χ3n) is 5.39. The zero-order valence-corrected chi connectivity index (χ0v) is 17.6. The Morgan fingerprint density at radius 3 is 2.74 bits per heavy atom. The van der Waals surface area contributed by atoms with Crippen LogP contribution in [0.15, 0.2) is 54.9 Å². The number of methoxy groups -OCH3 is 2. The van der Waals surface area contributed by atoms with E-state index < -0.39 is 0 Å². The number of aromatic nitrogens is 3. The van der Waals surface area contributed by atoms with Gasteiger partial charge in [0.1, 0.15) is 11.5 Å². The second-order valence-corrected chi connectivity index (χ2v) is 7.36. The molecule has 1 unspecified atom stereocenters. The summed E-state index contributed by atoms with van der Waals surface area (Å²) in [4.78, 5) is 19.2. The molecule has 0 saturated carbocycles. The number of carbonyl (C=O) groups excluding carboxylic acids is 1. The minimum Gasteiger partial charge on any atom is -0.497 e. The van der Waals surface area contributed by atoms with Gasteiger partial charge in [0.2, 0.25) is 5.91 Å². The Morgan fingerprint density at radius 1 is 1.13 bits per heavy atom. The lowest BCUT2D eigenvalue weighted by Gasteiger charge is -2.32. The first-order valence-electron chi connectivity index (χ1n) is 10.2. The molecule has 1 saturated heterocycles. The SMILES string of the molecule is COc1ccc(OC)c(NC(=O)C2CCCN(c3ccc(-c4cccnc4)nn3)C2)c1. The normalized spacial score (nSPS) is 15.9. The maximum atomic E-state index is 13.0. The summed E-state index contributed by atoms with van der Waals surface area (Å²) in [6.07, 6.45) is 5.21.